The molecule has 2 aromatic rings. The average Bonchev–Trinajstić information content (AvgIpc) is 2.65. The molecule has 0 aliphatic heterocycles. The largest absolute Gasteiger partial charge is 2.00 e. The van der Waals surface area contributed by atoms with Gasteiger partial charge in [-0.3, -0.25) is 0 Å². The molecule has 16 heavy (non-hydrogen) atoms. The molecule has 0 aromatic carbocycles. The van der Waals surface area contributed by atoms with E-state index in [9.17, 15) is 0 Å². The molecule has 0 spiro atoms. The molecule has 0 unspecified atom stereocenters. The van der Waals surface area contributed by atoms with Gasteiger partial charge in [0, 0.05) is 0 Å². The SMILES string of the molecule is Cc1nn(C)[c](=[W])o1.Cc1nn[c-]o1.[CH3-].[W+2]. The Balaban J connectivity index is 0. The van der Waals surface area contributed by atoms with Crippen LogP contribution < -0.4 is 0 Å². The molecular weight excluding hydrogens is 552 g/mol. The Morgan fingerprint density at radius 1 is 1.31 bits per heavy atom. The minimum absolute atomic E-state index is 0. The van der Waals surface area contributed by atoms with Crippen LogP contribution in [0.3, 0.4) is 0 Å². The van der Waals surface area contributed by atoms with Crippen molar-refractivity contribution in [3.05, 3.63) is 29.5 Å². The standard InChI is InChI=1S/C4H6N2O.C3H3N2O.CH3.2W/c1-4-5-6(2)3-7-4;1-3-5-4-2-6-3;;;/h1-2H3;1H3;1H3;;/q;2*-1;;+2. The molecule has 0 saturated heterocycles. The van der Waals surface area contributed by atoms with E-state index in [0.717, 1.165) is 9.76 Å². The van der Waals surface area contributed by atoms with Crippen LogP contribution in [0.2, 0.25) is 0 Å². The molecule has 0 N–H and O–H groups in total. The minimum Gasteiger partial charge on any atom is -0.613 e. The van der Waals surface area contributed by atoms with E-state index in [2.05, 4.69) is 26.1 Å². The van der Waals surface area contributed by atoms with Crippen molar-refractivity contribution in [1.82, 2.24) is 20.0 Å². The Morgan fingerprint density at radius 2 is 1.94 bits per heavy atom. The molecule has 8 heteroatoms. The normalized spacial score (nSPS) is 8.19. The molecular formula is C8H12N4O2W2. The van der Waals surface area contributed by atoms with Gasteiger partial charge in [-0.25, -0.2) is 10.2 Å². The first kappa shape index (κ1) is 18.0. The number of hydrogen-bond acceptors (Lipinski definition) is 5. The topological polar surface area (TPSA) is 69.9 Å². The maximum Gasteiger partial charge on any atom is 2.00 e. The quantitative estimate of drug-likeness (QED) is 0.448. The van der Waals surface area contributed by atoms with Crippen LogP contribution in [-0.2, 0) is 47.5 Å². The Bertz CT molecular complexity index is 435. The predicted octanol–water partition coefficient (Wildman–Crippen LogP) is 1.03. The molecule has 0 atom stereocenters. The first-order valence-electron chi connectivity index (χ1n) is 3.76. The van der Waals surface area contributed by atoms with E-state index in [-0.39, 0.29) is 28.5 Å². The Hall–Kier alpha value is -0.343. The van der Waals surface area contributed by atoms with Gasteiger partial charge in [0.05, 0.1) is 12.3 Å². The van der Waals surface area contributed by atoms with Gasteiger partial charge in [0.2, 0.25) is 0 Å². The summed E-state index contributed by atoms with van der Waals surface area (Å²) in [4.78, 5) is 0. The van der Waals surface area contributed by atoms with E-state index in [1.54, 1.807) is 11.6 Å². The van der Waals surface area contributed by atoms with Crippen LogP contribution in [0.5, 0.6) is 0 Å². The summed E-state index contributed by atoms with van der Waals surface area (Å²) in [6.45, 7) is 3.55. The molecule has 88 valence electrons. The Kier molecular flexibility index (Phi) is 9.88. The van der Waals surface area contributed by atoms with Crippen molar-refractivity contribution < 1.29 is 49.3 Å². The van der Waals surface area contributed by atoms with Crippen molar-refractivity contribution in [1.29, 1.82) is 0 Å². The first-order chi connectivity index (χ1) is 6.59. The van der Waals surface area contributed by atoms with Crippen molar-refractivity contribution in [3.63, 3.8) is 0 Å². The molecule has 2 rings (SSSR count). The van der Waals surface area contributed by atoms with Gasteiger partial charge in [0.15, 0.2) is 0 Å². The number of hydrogen-bond donors (Lipinski definition) is 0. The van der Waals surface area contributed by atoms with E-state index in [4.69, 9.17) is 4.42 Å². The van der Waals surface area contributed by atoms with Crippen LogP contribution in [0.15, 0.2) is 8.83 Å². The molecule has 0 bridgehead atoms. The van der Waals surface area contributed by atoms with Gasteiger partial charge in [-0.05, 0) is 0 Å². The molecule has 0 aliphatic rings. The minimum atomic E-state index is 0. The van der Waals surface area contributed by atoms with Crippen molar-refractivity contribution in [2.75, 3.05) is 0 Å². The molecule has 6 nitrogen and oxygen atoms in total. The fraction of sp³-hybridized carbons (Fsp3) is 0.375. The summed E-state index contributed by atoms with van der Waals surface area (Å²) in [6.07, 6.45) is 2.19. The van der Waals surface area contributed by atoms with E-state index < -0.39 is 0 Å². The zero-order valence-corrected chi connectivity index (χ0v) is 15.3. The van der Waals surface area contributed by atoms with Crippen LogP contribution in [-0.4, -0.2) is 20.0 Å². The summed E-state index contributed by atoms with van der Waals surface area (Å²) in [7, 11) is 1.87. The van der Waals surface area contributed by atoms with Gasteiger partial charge >= 0.3 is 78.3 Å². The van der Waals surface area contributed by atoms with Gasteiger partial charge < -0.3 is 11.8 Å². The molecule has 0 fully saturated rings. The Morgan fingerprint density at radius 3 is 2.06 bits per heavy atom. The third kappa shape index (κ3) is 6.29. The summed E-state index contributed by atoms with van der Waals surface area (Å²) in [5, 5.41) is 10.7. The maximum absolute atomic E-state index is 5.10. The second-order valence-electron chi connectivity index (χ2n) is 2.42. The van der Waals surface area contributed by atoms with Gasteiger partial charge in [0.25, 0.3) is 0 Å². The average molecular weight is 564 g/mol. The van der Waals surface area contributed by atoms with E-state index in [0.29, 0.717) is 5.89 Å². The number of aromatic nitrogens is 4. The molecule has 0 saturated carbocycles. The van der Waals surface area contributed by atoms with Crippen LogP contribution in [0.25, 0.3) is 0 Å². The van der Waals surface area contributed by atoms with Crippen molar-refractivity contribution in [2.24, 2.45) is 7.05 Å². The first-order valence-corrected chi connectivity index (χ1v) is 5.23. The van der Waals surface area contributed by atoms with Crippen molar-refractivity contribution in [2.45, 2.75) is 13.8 Å². The number of aryl methyl sites for hydroxylation is 3. The molecule has 0 radical (unpaired) electrons. The van der Waals surface area contributed by atoms with E-state index in [1.807, 2.05) is 14.0 Å². The molecule has 0 amide bonds. The zero-order chi connectivity index (χ0) is 10.6. The van der Waals surface area contributed by atoms with Crippen molar-refractivity contribution in [3.8, 4) is 0 Å². The van der Waals surface area contributed by atoms with Crippen molar-refractivity contribution >= 4 is 0 Å². The summed E-state index contributed by atoms with van der Waals surface area (Å²) < 4.78 is 12.2. The molecule has 2 aromatic heterocycles. The second-order valence-corrected chi connectivity index (χ2v) is 3.68. The predicted molar refractivity (Wildman–Crippen MR) is 47.7 cm³/mol. The van der Waals surface area contributed by atoms with Gasteiger partial charge in [-0.15, -0.1) is 0 Å². The fourth-order valence-electron chi connectivity index (χ4n) is 0.663. The van der Waals surface area contributed by atoms with Crippen LogP contribution >= 0.6 is 0 Å². The smallest absolute Gasteiger partial charge is 0.613 e. The van der Waals surface area contributed by atoms with Gasteiger partial charge in [-0.1, -0.05) is 6.92 Å². The number of nitrogens with zero attached hydrogens (tertiary/aromatic N) is 4. The summed E-state index contributed by atoms with van der Waals surface area (Å²) >= 11 is 1.31. The third-order valence-electron chi connectivity index (χ3n) is 1.22. The van der Waals surface area contributed by atoms with Crippen LogP contribution in [0.1, 0.15) is 11.8 Å². The summed E-state index contributed by atoms with van der Waals surface area (Å²) in [5.41, 5.74) is 0. The van der Waals surface area contributed by atoms with E-state index >= 15 is 0 Å². The maximum atomic E-state index is 5.10. The number of rotatable bonds is 0. The summed E-state index contributed by atoms with van der Waals surface area (Å²) in [5.74, 6) is 1.28. The zero-order valence-electron chi connectivity index (χ0n) is 9.42. The van der Waals surface area contributed by atoms with Gasteiger partial charge in [0.1, 0.15) is 0 Å². The fourth-order valence-corrected chi connectivity index (χ4v) is 1.24. The van der Waals surface area contributed by atoms with Gasteiger partial charge in [-0.2, -0.15) is 0 Å². The molecule has 0 aliphatic carbocycles. The second kappa shape index (κ2) is 8.77. The van der Waals surface area contributed by atoms with E-state index in [1.165, 1.54) is 19.4 Å². The molecule has 2 heterocycles. The Labute approximate surface area is 119 Å². The third-order valence-corrected chi connectivity index (χ3v) is 2.46. The summed E-state index contributed by atoms with van der Waals surface area (Å²) in [6, 6.07) is 0. The van der Waals surface area contributed by atoms with Crippen LogP contribution in [0, 0.1) is 31.5 Å². The van der Waals surface area contributed by atoms with Crippen LogP contribution in [0.4, 0.5) is 0 Å². The monoisotopic (exact) mass is 564 g/mol.